The first kappa shape index (κ1) is 16.8. The van der Waals surface area contributed by atoms with E-state index in [2.05, 4.69) is 33.2 Å². The number of hydrogen-bond donors (Lipinski definition) is 2. The number of carbonyl (C=O) groups is 2. The highest BCUT2D eigenvalue weighted by Crippen LogP contribution is 2.26. The third-order valence-electron chi connectivity index (χ3n) is 3.72. The first-order chi connectivity index (χ1) is 11.6. The van der Waals surface area contributed by atoms with Crippen LogP contribution in [-0.4, -0.2) is 25.0 Å². The van der Waals surface area contributed by atoms with E-state index in [0.29, 0.717) is 25.1 Å². The molecule has 2 aromatic rings. The van der Waals surface area contributed by atoms with Crippen molar-refractivity contribution in [1.29, 1.82) is 0 Å². The molecule has 2 N–H and O–H groups in total. The molecule has 1 aliphatic heterocycles. The Hall–Kier alpha value is -2.09. The summed E-state index contributed by atoms with van der Waals surface area (Å²) in [7, 11) is 0. The highest BCUT2D eigenvalue weighted by molar-refractivity contribution is 14.1. The predicted octanol–water partition coefficient (Wildman–Crippen LogP) is 2.98. The normalized spacial score (nSPS) is 13.0. The second-order valence-electron chi connectivity index (χ2n) is 5.48. The SMILES string of the molecule is O=C1CCc2cc(OCCNC(=O)c3cccc(I)c3)ccc2N1. The molecule has 0 aliphatic carbocycles. The molecule has 1 aliphatic rings. The molecule has 0 unspecified atom stereocenters. The van der Waals surface area contributed by atoms with Gasteiger partial charge in [-0.15, -0.1) is 0 Å². The van der Waals surface area contributed by atoms with Gasteiger partial charge in [0, 0.05) is 21.2 Å². The van der Waals surface area contributed by atoms with E-state index in [-0.39, 0.29) is 11.8 Å². The van der Waals surface area contributed by atoms with Crippen molar-refractivity contribution in [3.8, 4) is 5.75 Å². The highest BCUT2D eigenvalue weighted by atomic mass is 127. The fourth-order valence-electron chi connectivity index (χ4n) is 2.51. The molecule has 0 radical (unpaired) electrons. The van der Waals surface area contributed by atoms with Crippen LogP contribution in [0, 0.1) is 3.57 Å². The molecule has 2 aromatic carbocycles. The lowest BCUT2D eigenvalue weighted by Gasteiger charge is -2.17. The number of fused-ring (bicyclic) bond motifs is 1. The largest absolute Gasteiger partial charge is 0.492 e. The molecule has 1 heterocycles. The van der Waals surface area contributed by atoms with Crippen LogP contribution in [-0.2, 0) is 11.2 Å². The number of amides is 2. The van der Waals surface area contributed by atoms with Gasteiger partial charge in [0.15, 0.2) is 0 Å². The van der Waals surface area contributed by atoms with E-state index in [4.69, 9.17) is 4.74 Å². The van der Waals surface area contributed by atoms with Crippen molar-refractivity contribution in [3.05, 3.63) is 57.2 Å². The lowest BCUT2D eigenvalue weighted by atomic mass is 10.0. The molecular formula is C18H17IN2O3. The van der Waals surface area contributed by atoms with Crippen LogP contribution >= 0.6 is 22.6 Å². The monoisotopic (exact) mass is 436 g/mol. The third-order valence-corrected chi connectivity index (χ3v) is 4.39. The van der Waals surface area contributed by atoms with Gasteiger partial charge in [-0.2, -0.15) is 0 Å². The first-order valence-corrected chi connectivity index (χ1v) is 8.79. The van der Waals surface area contributed by atoms with Crippen molar-refractivity contribution in [3.63, 3.8) is 0 Å². The Morgan fingerprint density at radius 1 is 1.21 bits per heavy atom. The first-order valence-electron chi connectivity index (χ1n) is 7.71. The maximum atomic E-state index is 12.0. The molecule has 0 saturated carbocycles. The molecule has 24 heavy (non-hydrogen) atoms. The van der Waals surface area contributed by atoms with Gasteiger partial charge >= 0.3 is 0 Å². The van der Waals surface area contributed by atoms with Crippen molar-refractivity contribution in [2.45, 2.75) is 12.8 Å². The van der Waals surface area contributed by atoms with Crippen LogP contribution in [0.15, 0.2) is 42.5 Å². The molecule has 0 aromatic heterocycles. The Kier molecular flexibility index (Phi) is 5.34. The van der Waals surface area contributed by atoms with Crippen LogP contribution in [0.2, 0.25) is 0 Å². The van der Waals surface area contributed by atoms with Crippen molar-refractivity contribution in [1.82, 2.24) is 5.32 Å². The molecule has 0 spiro atoms. The Morgan fingerprint density at radius 2 is 2.08 bits per heavy atom. The molecule has 6 heteroatoms. The second-order valence-corrected chi connectivity index (χ2v) is 6.73. The standard InChI is InChI=1S/C18H17IN2O3/c19-14-3-1-2-13(10-14)18(23)20-8-9-24-15-5-6-16-12(11-15)4-7-17(22)21-16/h1-3,5-6,10-11H,4,7-9H2,(H,20,23)(H,21,22). The Morgan fingerprint density at radius 3 is 2.92 bits per heavy atom. The van der Waals surface area contributed by atoms with Gasteiger partial charge in [-0.3, -0.25) is 9.59 Å². The molecule has 0 bridgehead atoms. The minimum absolute atomic E-state index is 0.0504. The number of aryl methyl sites for hydroxylation is 1. The van der Waals surface area contributed by atoms with E-state index in [1.54, 1.807) is 6.07 Å². The molecular weight excluding hydrogens is 419 g/mol. The van der Waals surface area contributed by atoms with Gasteiger partial charge in [0.05, 0.1) is 6.54 Å². The quantitative estimate of drug-likeness (QED) is 0.560. The Bertz CT molecular complexity index is 777. The summed E-state index contributed by atoms with van der Waals surface area (Å²) in [4.78, 5) is 23.4. The zero-order chi connectivity index (χ0) is 16.9. The fraction of sp³-hybridized carbons (Fsp3) is 0.222. The van der Waals surface area contributed by atoms with Gasteiger partial charge in [-0.25, -0.2) is 0 Å². The van der Waals surface area contributed by atoms with Gasteiger partial charge < -0.3 is 15.4 Å². The number of carbonyl (C=O) groups excluding carboxylic acids is 2. The number of ether oxygens (including phenoxy) is 1. The third kappa shape index (κ3) is 4.25. The average molecular weight is 436 g/mol. The van der Waals surface area contributed by atoms with Crippen molar-refractivity contribution >= 4 is 40.1 Å². The van der Waals surface area contributed by atoms with E-state index >= 15 is 0 Å². The predicted molar refractivity (Wildman–Crippen MR) is 100 cm³/mol. The maximum absolute atomic E-state index is 12.0. The lowest BCUT2D eigenvalue weighted by molar-refractivity contribution is -0.116. The Labute approximate surface area is 153 Å². The van der Waals surface area contributed by atoms with E-state index in [1.165, 1.54) is 0 Å². The van der Waals surface area contributed by atoms with E-state index in [0.717, 1.165) is 27.0 Å². The van der Waals surface area contributed by atoms with Gasteiger partial charge in [-0.1, -0.05) is 6.07 Å². The van der Waals surface area contributed by atoms with Gasteiger partial charge in [0.2, 0.25) is 5.91 Å². The maximum Gasteiger partial charge on any atom is 0.251 e. The van der Waals surface area contributed by atoms with Gasteiger partial charge in [0.25, 0.3) is 5.91 Å². The number of hydrogen-bond acceptors (Lipinski definition) is 3. The summed E-state index contributed by atoms with van der Waals surface area (Å²) in [6.07, 6.45) is 1.23. The summed E-state index contributed by atoms with van der Waals surface area (Å²) in [5.74, 6) is 0.688. The van der Waals surface area contributed by atoms with Crippen LogP contribution in [0.5, 0.6) is 5.75 Å². The van der Waals surface area contributed by atoms with E-state index in [1.807, 2.05) is 36.4 Å². The molecule has 2 amide bonds. The van der Waals surface area contributed by atoms with Crippen molar-refractivity contribution in [2.75, 3.05) is 18.5 Å². The molecule has 0 saturated heterocycles. The molecule has 0 atom stereocenters. The summed E-state index contributed by atoms with van der Waals surface area (Å²) in [6, 6.07) is 13.1. The van der Waals surface area contributed by atoms with Crippen LogP contribution < -0.4 is 15.4 Å². The number of nitrogens with one attached hydrogen (secondary N) is 2. The average Bonchev–Trinajstić information content (AvgIpc) is 2.58. The minimum Gasteiger partial charge on any atom is -0.492 e. The number of benzene rings is 2. The molecule has 0 fully saturated rings. The Balaban J connectivity index is 1.48. The van der Waals surface area contributed by atoms with Gasteiger partial charge in [-0.05, 0) is 71.0 Å². The van der Waals surface area contributed by atoms with E-state index < -0.39 is 0 Å². The summed E-state index contributed by atoms with van der Waals surface area (Å²) in [5, 5.41) is 5.68. The number of rotatable bonds is 5. The number of halogens is 1. The molecule has 3 rings (SSSR count). The highest BCUT2D eigenvalue weighted by Gasteiger charge is 2.15. The summed E-state index contributed by atoms with van der Waals surface area (Å²) in [6.45, 7) is 0.818. The summed E-state index contributed by atoms with van der Waals surface area (Å²) in [5.41, 5.74) is 2.58. The molecule has 124 valence electrons. The smallest absolute Gasteiger partial charge is 0.251 e. The second kappa shape index (κ2) is 7.65. The minimum atomic E-state index is -0.106. The van der Waals surface area contributed by atoms with Crippen LogP contribution in [0.3, 0.4) is 0 Å². The number of anilines is 1. The summed E-state index contributed by atoms with van der Waals surface area (Å²) >= 11 is 2.18. The topological polar surface area (TPSA) is 67.4 Å². The van der Waals surface area contributed by atoms with Crippen molar-refractivity contribution in [2.24, 2.45) is 0 Å². The van der Waals surface area contributed by atoms with Crippen LogP contribution in [0.1, 0.15) is 22.3 Å². The van der Waals surface area contributed by atoms with Crippen LogP contribution in [0.25, 0.3) is 0 Å². The lowest BCUT2D eigenvalue weighted by Crippen LogP contribution is -2.28. The van der Waals surface area contributed by atoms with E-state index in [9.17, 15) is 9.59 Å². The summed E-state index contributed by atoms with van der Waals surface area (Å²) < 4.78 is 6.71. The van der Waals surface area contributed by atoms with Gasteiger partial charge in [0.1, 0.15) is 12.4 Å². The fourth-order valence-corrected chi connectivity index (χ4v) is 3.06. The molecule has 5 nitrogen and oxygen atoms in total. The van der Waals surface area contributed by atoms with Crippen LogP contribution in [0.4, 0.5) is 5.69 Å². The zero-order valence-electron chi connectivity index (χ0n) is 13.0. The zero-order valence-corrected chi connectivity index (χ0v) is 15.1. The van der Waals surface area contributed by atoms with Crippen molar-refractivity contribution < 1.29 is 14.3 Å².